The van der Waals surface area contributed by atoms with Crippen molar-refractivity contribution in [2.24, 2.45) is 16.8 Å². The van der Waals surface area contributed by atoms with Crippen molar-refractivity contribution in [1.82, 2.24) is 5.32 Å². The van der Waals surface area contributed by atoms with E-state index in [1.807, 2.05) is 0 Å². The molecule has 0 radical (unpaired) electrons. The summed E-state index contributed by atoms with van der Waals surface area (Å²) in [6.07, 6.45) is 3.97. The predicted octanol–water partition coefficient (Wildman–Crippen LogP) is 0.476. The van der Waals surface area contributed by atoms with Crippen molar-refractivity contribution in [2.75, 3.05) is 0 Å². The first kappa shape index (κ1) is 6.85. The van der Waals surface area contributed by atoms with Gasteiger partial charge in [0.25, 0.3) is 0 Å². The lowest BCUT2D eigenvalue weighted by molar-refractivity contribution is 0.230. The van der Waals surface area contributed by atoms with Gasteiger partial charge in [-0.1, -0.05) is 6.92 Å². The molecule has 2 N–H and O–H groups in total. The lowest BCUT2D eigenvalue weighted by atomic mass is 10.2. The van der Waals surface area contributed by atoms with E-state index in [4.69, 9.17) is 5.11 Å². The molecule has 1 aliphatic heterocycles. The fourth-order valence-corrected chi connectivity index (χ4v) is 1.43. The zero-order chi connectivity index (χ0) is 7.84. The lowest BCUT2D eigenvalue weighted by Crippen LogP contribution is -2.21. The zero-order valence-electron chi connectivity index (χ0n) is 6.49. The van der Waals surface area contributed by atoms with Crippen LogP contribution in [0.1, 0.15) is 13.3 Å². The number of aliphatic hydroxyl groups is 1. The summed E-state index contributed by atoms with van der Waals surface area (Å²) in [5, 5.41) is 12.2. The Bertz CT molecular complexity index is 222. The Hall–Kier alpha value is -0.830. The molecule has 0 bridgehead atoms. The summed E-state index contributed by atoms with van der Waals surface area (Å²) in [7, 11) is 0. The molecule has 0 spiro atoms. The Morgan fingerprint density at radius 3 is 3.00 bits per heavy atom. The number of rotatable bonds is 1. The van der Waals surface area contributed by atoms with Crippen LogP contribution < -0.4 is 5.32 Å². The van der Waals surface area contributed by atoms with Crippen LogP contribution in [0.15, 0.2) is 16.8 Å². The Balaban J connectivity index is 2.04. The van der Waals surface area contributed by atoms with Gasteiger partial charge in [0.1, 0.15) is 0 Å². The van der Waals surface area contributed by atoms with Gasteiger partial charge in [0.15, 0.2) is 6.23 Å². The van der Waals surface area contributed by atoms with Crippen LogP contribution in [-0.2, 0) is 0 Å². The highest BCUT2D eigenvalue weighted by molar-refractivity contribution is 5.60. The maximum absolute atomic E-state index is 9.13. The van der Waals surface area contributed by atoms with Gasteiger partial charge in [-0.2, -0.15) is 0 Å². The highest BCUT2D eigenvalue weighted by atomic mass is 16.3. The first-order valence-corrected chi connectivity index (χ1v) is 3.95. The fraction of sp³-hybridized carbons (Fsp3) is 0.625. The SMILES string of the molecule is CC1CC1C1=CC(O)N=CN1. The number of aliphatic imine (C=N–C) groups is 1. The third kappa shape index (κ3) is 1.28. The van der Waals surface area contributed by atoms with Crippen LogP contribution >= 0.6 is 0 Å². The van der Waals surface area contributed by atoms with Crippen LogP contribution in [0.2, 0.25) is 0 Å². The number of aliphatic hydroxyl groups excluding tert-OH is 1. The first-order valence-electron chi connectivity index (χ1n) is 3.95. The van der Waals surface area contributed by atoms with Gasteiger partial charge in [-0.15, -0.1) is 0 Å². The van der Waals surface area contributed by atoms with Gasteiger partial charge in [-0.25, -0.2) is 4.99 Å². The number of hydrogen-bond acceptors (Lipinski definition) is 3. The van der Waals surface area contributed by atoms with E-state index in [1.54, 1.807) is 12.4 Å². The minimum absolute atomic E-state index is 0.626. The molecule has 3 unspecified atom stereocenters. The Kier molecular flexibility index (Phi) is 1.46. The standard InChI is InChI=1S/C8H12N2O/c1-5-2-6(5)7-3-8(11)10-4-9-7/h3-6,8,11H,2H2,1H3,(H,9,10). The van der Waals surface area contributed by atoms with Crippen LogP contribution in [0.5, 0.6) is 0 Å². The van der Waals surface area contributed by atoms with Crippen LogP contribution in [0, 0.1) is 11.8 Å². The van der Waals surface area contributed by atoms with Gasteiger partial charge in [0.2, 0.25) is 0 Å². The van der Waals surface area contributed by atoms with Crippen molar-refractivity contribution in [3.8, 4) is 0 Å². The molecule has 60 valence electrons. The molecule has 11 heavy (non-hydrogen) atoms. The van der Waals surface area contributed by atoms with Crippen LogP contribution in [0.4, 0.5) is 0 Å². The average Bonchev–Trinajstić information content (AvgIpc) is 2.67. The largest absolute Gasteiger partial charge is 0.368 e. The molecular formula is C8H12N2O. The Morgan fingerprint density at radius 2 is 2.45 bits per heavy atom. The number of hydrogen-bond donors (Lipinski definition) is 2. The average molecular weight is 152 g/mol. The third-order valence-electron chi connectivity index (χ3n) is 2.30. The number of nitrogens with one attached hydrogen (secondary N) is 1. The van der Waals surface area contributed by atoms with E-state index < -0.39 is 6.23 Å². The molecule has 2 rings (SSSR count). The molecule has 3 nitrogen and oxygen atoms in total. The summed E-state index contributed by atoms with van der Waals surface area (Å²) in [6.45, 7) is 2.21. The molecule has 0 aromatic carbocycles. The second-order valence-electron chi connectivity index (χ2n) is 3.28. The van der Waals surface area contributed by atoms with E-state index in [0.717, 1.165) is 11.6 Å². The summed E-state index contributed by atoms with van der Waals surface area (Å²) in [5.74, 6) is 1.41. The molecule has 0 aromatic heterocycles. The number of nitrogens with zero attached hydrogens (tertiary/aromatic N) is 1. The molecule has 1 aliphatic carbocycles. The van der Waals surface area contributed by atoms with E-state index >= 15 is 0 Å². The van der Waals surface area contributed by atoms with E-state index in [-0.39, 0.29) is 0 Å². The van der Waals surface area contributed by atoms with Gasteiger partial charge in [0, 0.05) is 11.6 Å². The van der Waals surface area contributed by atoms with Gasteiger partial charge in [-0.05, 0) is 18.4 Å². The normalized spacial score (nSPS) is 41.3. The van der Waals surface area contributed by atoms with Crippen LogP contribution in [-0.4, -0.2) is 17.7 Å². The smallest absolute Gasteiger partial charge is 0.167 e. The molecular weight excluding hydrogens is 140 g/mol. The van der Waals surface area contributed by atoms with Crippen LogP contribution in [0.25, 0.3) is 0 Å². The van der Waals surface area contributed by atoms with Crippen molar-refractivity contribution >= 4 is 6.34 Å². The van der Waals surface area contributed by atoms with Gasteiger partial charge >= 0.3 is 0 Å². The lowest BCUT2D eigenvalue weighted by Gasteiger charge is -2.12. The topological polar surface area (TPSA) is 44.6 Å². The summed E-state index contributed by atoms with van der Waals surface area (Å²) >= 11 is 0. The molecule has 0 amide bonds. The third-order valence-corrected chi connectivity index (χ3v) is 2.30. The molecule has 1 saturated carbocycles. The summed E-state index contributed by atoms with van der Waals surface area (Å²) < 4.78 is 0. The first-order chi connectivity index (χ1) is 5.27. The van der Waals surface area contributed by atoms with E-state index in [9.17, 15) is 0 Å². The summed E-state index contributed by atoms with van der Waals surface area (Å²) in [4.78, 5) is 3.76. The Labute approximate surface area is 65.8 Å². The highest BCUT2D eigenvalue weighted by Crippen LogP contribution is 2.42. The highest BCUT2D eigenvalue weighted by Gasteiger charge is 2.36. The second-order valence-corrected chi connectivity index (χ2v) is 3.28. The maximum Gasteiger partial charge on any atom is 0.167 e. The van der Waals surface area contributed by atoms with E-state index in [0.29, 0.717) is 5.92 Å². The monoisotopic (exact) mass is 152 g/mol. The van der Waals surface area contributed by atoms with E-state index in [1.165, 1.54) is 6.42 Å². The van der Waals surface area contributed by atoms with Crippen molar-refractivity contribution in [1.29, 1.82) is 0 Å². The molecule has 2 aliphatic rings. The zero-order valence-corrected chi connectivity index (χ0v) is 6.49. The van der Waals surface area contributed by atoms with Gasteiger partial charge in [-0.3, -0.25) is 0 Å². The quantitative estimate of drug-likeness (QED) is 0.574. The maximum atomic E-state index is 9.13. The summed E-state index contributed by atoms with van der Waals surface area (Å²) in [5.41, 5.74) is 1.14. The molecule has 3 atom stereocenters. The van der Waals surface area contributed by atoms with Crippen molar-refractivity contribution < 1.29 is 5.11 Å². The molecule has 1 heterocycles. The number of allylic oxidation sites excluding steroid dienone is 1. The van der Waals surface area contributed by atoms with Crippen molar-refractivity contribution in [2.45, 2.75) is 19.6 Å². The molecule has 0 aromatic rings. The second kappa shape index (κ2) is 2.34. The molecule has 0 saturated heterocycles. The Morgan fingerprint density at radius 1 is 1.73 bits per heavy atom. The predicted molar refractivity (Wildman–Crippen MR) is 43.0 cm³/mol. The fourth-order valence-electron chi connectivity index (χ4n) is 1.43. The van der Waals surface area contributed by atoms with Crippen molar-refractivity contribution in [3.63, 3.8) is 0 Å². The summed E-state index contributed by atoms with van der Waals surface area (Å²) in [6, 6.07) is 0. The molecule has 3 heteroatoms. The van der Waals surface area contributed by atoms with E-state index in [2.05, 4.69) is 17.2 Å². The molecule has 1 fully saturated rings. The van der Waals surface area contributed by atoms with Crippen LogP contribution in [0.3, 0.4) is 0 Å². The van der Waals surface area contributed by atoms with Crippen molar-refractivity contribution in [3.05, 3.63) is 11.8 Å². The van der Waals surface area contributed by atoms with Gasteiger partial charge in [0.05, 0.1) is 6.34 Å². The minimum atomic E-state index is -0.626. The van der Waals surface area contributed by atoms with Gasteiger partial charge < -0.3 is 10.4 Å². The minimum Gasteiger partial charge on any atom is -0.368 e.